The number of aliphatic hydroxyl groups excluding tert-OH is 1. The topological polar surface area (TPSA) is 66.4 Å². The molecule has 0 aliphatic heterocycles. The Bertz CT molecular complexity index is 682. The van der Waals surface area contributed by atoms with Crippen molar-refractivity contribution < 1.29 is 13.5 Å². The molecule has 0 bridgehead atoms. The quantitative estimate of drug-likeness (QED) is 0.792. The molecule has 0 radical (unpaired) electrons. The molecule has 0 fully saturated rings. The molecule has 2 aromatic carbocycles. The minimum Gasteiger partial charge on any atom is -0.387 e. The molecule has 0 saturated carbocycles. The maximum atomic E-state index is 11.0. The molecule has 0 aliphatic carbocycles. The van der Waals surface area contributed by atoms with E-state index in [0.717, 1.165) is 16.3 Å². The molecule has 20 heavy (non-hydrogen) atoms. The first-order valence-corrected chi connectivity index (χ1v) is 8.57. The van der Waals surface area contributed by atoms with Gasteiger partial charge in [0.1, 0.15) is 9.84 Å². The molecule has 2 rings (SSSR count). The Hall–Kier alpha value is -1.43. The average Bonchev–Trinajstić information content (AvgIpc) is 2.42. The Morgan fingerprint density at radius 3 is 2.55 bits per heavy atom. The van der Waals surface area contributed by atoms with Gasteiger partial charge in [0.15, 0.2) is 0 Å². The first-order chi connectivity index (χ1) is 9.46. The van der Waals surface area contributed by atoms with Crippen LogP contribution < -0.4 is 5.32 Å². The molecule has 0 spiro atoms. The molecular weight excluding hydrogens is 274 g/mol. The van der Waals surface area contributed by atoms with Crippen LogP contribution in [-0.2, 0) is 9.84 Å². The Morgan fingerprint density at radius 2 is 1.85 bits per heavy atom. The molecule has 1 unspecified atom stereocenters. The summed E-state index contributed by atoms with van der Waals surface area (Å²) in [5.41, 5.74) is 0.829. The number of sulfone groups is 1. The molecule has 108 valence electrons. The van der Waals surface area contributed by atoms with E-state index in [4.69, 9.17) is 0 Å². The SMILES string of the molecule is CS(=O)(=O)CCNCC(O)c1ccc2ccccc2c1. The third-order valence-corrected chi connectivity index (χ3v) is 4.09. The van der Waals surface area contributed by atoms with Crippen LogP contribution in [-0.4, -0.2) is 38.6 Å². The van der Waals surface area contributed by atoms with Crippen molar-refractivity contribution in [3.8, 4) is 0 Å². The number of benzene rings is 2. The second-order valence-electron chi connectivity index (χ2n) is 4.96. The van der Waals surface area contributed by atoms with Gasteiger partial charge < -0.3 is 10.4 Å². The van der Waals surface area contributed by atoms with Crippen LogP contribution in [0, 0.1) is 0 Å². The maximum absolute atomic E-state index is 11.0. The molecule has 5 heteroatoms. The average molecular weight is 293 g/mol. The van der Waals surface area contributed by atoms with Gasteiger partial charge in [0.05, 0.1) is 11.9 Å². The third-order valence-electron chi connectivity index (χ3n) is 3.15. The summed E-state index contributed by atoms with van der Waals surface area (Å²) in [5.74, 6) is 0.0808. The van der Waals surface area contributed by atoms with Crippen molar-refractivity contribution in [1.29, 1.82) is 0 Å². The predicted octanol–water partition coefficient (Wildman–Crippen LogP) is 1.51. The summed E-state index contributed by atoms with van der Waals surface area (Å²) in [6.45, 7) is 0.692. The number of fused-ring (bicyclic) bond motifs is 1. The Labute approximate surface area is 119 Å². The zero-order valence-corrected chi connectivity index (χ0v) is 12.2. The second-order valence-corrected chi connectivity index (χ2v) is 7.22. The molecular formula is C15H19NO3S. The maximum Gasteiger partial charge on any atom is 0.148 e. The molecule has 0 aliphatic rings. The van der Waals surface area contributed by atoms with Gasteiger partial charge in [-0.3, -0.25) is 0 Å². The first kappa shape index (κ1) is 15.0. The lowest BCUT2D eigenvalue weighted by Crippen LogP contribution is -2.26. The monoisotopic (exact) mass is 293 g/mol. The standard InChI is InChI=1S/C15H19NO3S/c1-20(18,19)9-8-16-11-15(17)14-7-6-12-4-2-3-5-13(12)10-14/h2-7,10,15-17H,8-9,11H2,1H3. The van der Waals surface area contributed by atoms with E-state index in [1.165, 1.54) is 6.26 Å². The third kappa shape index (κ3) is 4.30. The van der Waals surface area contributed by atoms with E-state index in [0.29, 0.717) is 13.1 Å². The van der Waals surface area contributed by atoms with Crippen molar-refractivity contribution >= 4 is 20.6 Å². The van der Waals surface area contributed by atoms with Crippen LogP contribution in [0.4, 0.5) is 0 Å². The van der Waals surface area contributed by atoms with Crippen molar-refractivity contribution in [3.63, 3.8) is 0 Å². The van der Waals surface area contributed by atoms with Crippen LogP contribution in [0.1, 0.15) is 11.7 Å². The summed E-state index contributed by atoms with van der Waals surface area (Å²) >= 11 is 0. The van der Waals surface area contributed by atoms with E-state index < -0.39 is 15.9 Å². The van der Waals surface area contributed by atoms with E-state index in [-0.39, 0.29) is 5.75 Å². The molecule has 0 amide bonds. The lowest BCUT2D eigenvalue weighted by atomic mass is 10.0. The van der Waals surface area contributed by atoms with Gasteiger partial charge in [-0.25, -0.2) is 8.42 Å². The fraction of sp³-hybridized carbons (Fsp3) is 0.333. The molecule has 0 aromatic heterocycles. The van der Waals surface area contributed by atoms with E-state index in [2.05, 4.69) is 5.32 Å². The van der Waals surface area contributed by atoms with Gasteiger partial charge >= 0.3 is 0 Å². The number of rotatable bonds is 6. The van der Waals surface area contributed by atoms with Gasteiger partial charge in [-0.05, 0) is 22.4 Å². The second kappa shape index (κ2) is 6.35. The van der Waals surface area contributed by atoms with E-state index in [1.807, 2.05) is 42.5 Å². The Balaban J connectivity index is 1.95. The van der Waals surface area contributed by atoms with Crippen molar-refractivity contribution in [2.45, 2.75) is 6.10 Å². The summed E-state index contributed by atoms with van der Waals surface area (Å²) in [6.07, 6.45) is 0.563. The highest BCUT2D eigenvalue weighted by Gasteiger charge is 2.08. The minimum atomic E-state index is -2.96. The minimum absolute atomic E-state index is 0.0808. The van der Waals surface area contributed by atoms with Gasteiger partial charge in [0.2, 0.25) is 0 Å². The van der Waals surface area contributed by atoms with Crippen LogP contribution >= 0.6 is 0 Å². The van der Waals surface area contributed by atoms with Crippen LogP contribution in [0.3, 0.4) is 0 Å². The van der Waals surface area contributed by atoms with Gasteiger partial charge in [0.25, 0.3) is 0 Å². The van der Waals surface area contributed by atoms with Crippen LogP contribution in [0.5, 0.6) is 0 Å². The van der Waals surface area contributed by atoms with Crippen molar-refractivity contribution in [3.05, 3.63) is 48.0 Å². The smallest absolute Gasteiger partial charge is 0.148 e. The van der Waals surface area contributed by atoms with Crippen LogP contribution in [0.2, 0.25) is 0 Å². The zero-order valence-electron chi connectivity index (χ0n) is 11.4. The summed E-state index contributed by atoms with van der Waals surface area (Å²) in [5, 5.41) is 15.3. The normalized spacial score (nSPS) is 13.5. The summed E-state index contributed by atoms with van der Waals surface area (Å²) in [6, 6.07) is 13.8. The largest absolute Gasteiger partial charge is 0.387 e. The van der Waals surface area contributed by atoms with Crippen molar-refractivity contribution in [1.82, 2.24) is 5.32 Å². The van der Waals surface area contributed by atoms with Gasteiger partial charge in [-0.1, -0.05) is 36.4 Å². The molecule has 2 N–H and O–H groups in total. The lowest BCUT2D eigenvalue weighted by molar-refractivity contribution is 0.176. The summed E-state index contributed by atoms with van der Waals surface area (Å²) in [7, 11) is -2.96. The lowest BCUT2D eigenvalue weighted by Gasteiger charge is -2.13. The molecule has 1 atom stereocenters. The van der Waals surface area contributed by atoms with E-state index in [1.54, 1.807) is 0 Å². The molecule has 0 heterocycles. The molecule has 0 saturated heterocycles. The van der Waals surface area contributed by atoms with E-state index >= 15 is 0 Å². The van der Waals surface area contributed by atoms with Gasteiger partial charge in [-0.15, -0.1) is 0 Å². The Morgan fingerprint density at radius 1 is 1.15 bits per heavy atom. The number of aliphatic hydroxyl groups is 1. The summed E-state index contributed by atoms with van der Waals surface area (Å²) in [4.78, 5) is 0. The number of hydrogen-bond donors (Lipinski definition) is 2. The fourth-order valence-electron chi connectivity index (χ4n) is 2.03. The van der Waals surface area contributed by atoms with Crippen molar-refractivity contribution in [2.24, 2.45) is 0 Å². The van der Waals surface area contributed by atoms with E-state index in [9.17, 15) is 13.5 Å². The predicted molar refractivity (Wildman–Crippen MR) is 81.5 cm³/mol. The van der Waals surface area contributed by atoms with Crippen LogP contribution in [0.15, 0.2) is 42.5 Å². The molecule has 4 nitrogen and oxygen atoms in total. The molecule has 2 aromatic rings. The highest BCUT2D eigenvalue weighted by Crippen LogP contribution is 2.19. The fourth-order valence-corrected chi connectivity index (χ4v) is 2.54. The van der Waals surface area contributed by atoms with Crippen molar-refractivity contribution in [2.75, 3.05) is 25.1 Å². The van der Waals surface area contributed by atoms with Crippen LogP contribution in [0.25, 0.3) is 10.8 Å². The first-order valence-electron chi connectivity index (χ1n) is 6.51. The highest BCUT2D eigenvalue weighted by atomic mass is 32.2. The Kier molecular flexibility index (Phi) is 4.75. The van der Waals surface area contributed by atoms with Gasteiger partial charge in [0, 0.05) is 19.3 Å². The number of hydrogen-bond acceptors (Lipinski definition) is 4. The highest BCUT2D eigenvalue weighted by molar-refractivity contribution is 7.90. The van der Waals surface area contributed by atoms with Gasteiger partial charge in [-0.2, -0.15) is 0 Å². The zero-order chi connectivity index (χ0) is 14.6. The summed E-state index contributed by atoms with van der Waals surface area (Å²) < 4.78 is 22.0. The number of nitrogens with one attached hydrogen (secondary N) is 1.